The van der Waals surface area contributed by atoms with E-state index < -0.39 is 17.0 Å². The van der Waals surface area contributed by atoms with Crippen LogP contribution in [0.5, 0.6) is 0 Å². The molecule has 0 saturated heterocycles. The van der Waals surface area contributed by atoms with E-state index in [1.165, 1.54) is 0 Å². The Kier molecular flexibility index (Phi) is 4.43. The van der Waals surface area contributed by atoms with E-state index in [0.717, 1.165) is 18.4 Å². The number of carboxylic acids is 1. The Balaban J connectivity index is 2.12. The number of nitrogens with zero attached hydrogens (tertiary/aromatic N) is 1. The van der Waals surface area contributed by atoms with E-state index in [0.29, 0.717) is 5.56 Å². The van der Waals surface area contributed by atoms with Gasteiger partial charge in [-0.05, 0) is 36.1 Å². The first-order chi connectivity index (χ1) is 12.1. The van der Waals surface area contributed by atoms with Crippen molar-refractivity contribution in [3.8, 4) is 6.07 Å². The second-order valence-corrected chi connectivity index (χ2v) is 6.23. The molecule has 1 aliphatic rings. The molecule has 2 aromatic carbocycles. The fourth-order valence-electron chi connectivity index (χ4n) is 3.33. The molecule has 0 radical (unpaired) electrons. The van der Waals surface area contributed by atoms with E-state index in [-0.39, 0.29) is 5.56 Å². The molecule has 0 aromatic heterocycles. The molecule has 0 heterocycles. The van der Waals surface area contributed by atoms with Crippen LogP contribution >= 0.6 is 0 Å². The predicted molar refractivity (Wildman–Crippen MR) is 94.8 cm³/mol. The molecular weight excluding hydrogens is 314 g/mol. The predicted octanol–water partition coefficient (Wildman–Crippen LogP) is 4.24. The number of hydrogen-bond acceptors (Lipinski definition) is 3. The summed E-state index contributed by atoms with van der Waals surface area (Å²) in [5, 5.41) is 19.1. The number of aromatic carboxylic acids is 1. The average Bonchev–Trinajstić information content (AvgIpc) is 3.45. The minimum atomic E-state index is -0.982. The molecule has 0 aliphatic heterocycles. The van der Waals surface area contributed by atoms with E-state index >= 15 is 0 Å². The Labute approximate surface area is 147 Å². The van der Waals surface area contributed by atoms with Crippen LogP contribution in [-0.4, -0.2) is 18.2 Å². The van der Waals surface area contributed by atoms with E-state index in [1.54, 1.807) is 37.5 Å². The number of carboxylic acid groups (broad SMARTS) is 1. The Morgan fingerprint density at radius 2 is 1.84 bits per heavy atom. The summed E-state index contributed by atoms with van der Waals surface area (Å²) in [5.74, 6) is -0.982. The van der Waals surface area contributed by atoms with Gasteiger partial charge >= 0.3 is 5.97 Å². The van der Waals surface area contributed by atoms with Crippen LogP contribution in [0.3, 0.4) is 0 Å². The molecule has 1 N–H and O–H groups in total. The third-order valence-electron chi connectivity index (χ3n) is 4.89. The van der Waals surface area contributed by atoms with Crippen LogP contribution in [0.25, 0.3) is 6.08 Å². The highest BCUT2D eigenvalue weighted by atomic mass is 16.5. The number of ether oxygens (including phenoxy) is 1. The van der Waals surface area contributed by atoms with Crippen molar-refractivity contribution >= 4 is 12.0 Å². The molecule has 2 aromatic rings. The Bertz CT molecular complexity index is 847. The van der Waals surface area contributed by atoms with Gasteiger partial charge < -0.3 is 9.84 Å². The molecule has 0 bridgehead atoms. The molecule has 4 nitrogen and oxygen atoms in total. The quantitative estimate of drug-likeness (QED) is 0.858. The lowest BCUT2D eigenvalue weighted by Crippen LogP contribution is -2.36. The number of hydrogen-bond donors (Lipinski definition) is 1. The lowest BCUT2D eigenvalue weighted by atomic mass is 9.78. The van der Waals surface area contributed by atoms with Gasteiger partial charge in [-0.3, -0.25) is 0 Å². The van der Waals surface area contributed by atoms with Gasteiger partial charge in [-0.1, -0.05) is 54.6 Å². The number of methoxy groups -OCH3 is 1. The average molecular weight is 333 g/mol. The number of nitriles is 1. The molecule has 1 fully saturated rings. The summed E-state index contributed by atoms with van der Waals surface area (Å²) in [6.07, 6.45) is 5.08. The van der Waals surface area contributed by atoms with Crippen molar-refractivity contribution < 1.29 is 14.6 Å². The fraction of sp³-hybridized carbons (Fsp3) is 0.238. The molecule has 0 unspecified atom stereocenters. The lowest BCUT2D eigenvalue weighted by Gasteiger charge is -2.34. The van der Waals surface area contributed by atoms with Crippen molar-refractivity contribution in [2.75, 3.05) is 7.11 Å². The van der Waals surface area contributed by atoms with Gasteiger partial charge in [0.2, 0.25) is 0 Å². The minimum Gasteiger partial charge on any atom is -0.478 e. The number of rotatable bonds is 6. The third-order valence-corrected chi connectivity index (χ3v) is 4.89. The maximum atomic E-state index is 11.4. The Morgan fingerprint density at radius 3 is 2.40 bits per heavy atom. The summed E-state index contributed by atoms with van der Waals surface area (Å²) >= 11 is 0. The molecule has 0 spiro atoms. The van der Waals surface area contributed by atoms with Crippen LogP contribution in [0, 0.1) is 16.7 Å². The van der Waals surface area contributed by atoms with Gasteiger partial charge in [0.1, 0.15) is 5.60 Å². The molecule has 1 atom stereocenters. The van der Waals surface area contributed by atoms with Crippen LogP contribution in [-0.2, 0) is 10.3 Å². The van der Waals surface area contributed by atoms with Gasteiger partial charge in [-0.2, -0.15) is 5.26 Å². The molecule has 0 amide bonds. The first kappa shape index (κ1) is 16.9. The van der Waals surface area contributed by atoms with Gasteiger partial charge in [0.15, 0.2) is 0 Å². The molecule has 4 heteroatoms. The van der Waals surface area contributed by atoms with Gasteiger partial charge in [0, 0.05) is 7.11 Å². The van der Waals surface area contributed by atoms with Crippen molar-refractivity contribution in [1.29, 1.82) is 5.26 Å². The van der Waals surface area contributed by atoms with Crippen molar-refractivity contribution in [1.82, 2.24) is 0 Å². The highest BCUT2D eigenvalue weighted by Gasteiger charge is 2.60. The summed E-state index contributed by atoms with van der Waals surface area (Å²) in [5.41, 5.74) is 0.159. The Morgan fingerprint density at radius 1 is 1.20 bits per heavy atom. The van der Waals surface area contributed by atoms with Crippen LogP contribution < -0.4 is 0 Å². The summed E-state index contributed by atoms with van der Waals surface area (Å²) in [6.45, 7) is 0. The zero-order chi connectivity index (χ0) is 17.9. The van der Waals surface area contributed by atoms with E-state index in [4.69, 9.17) is 4.74 Å². The fourth-order valence-corrected chi connectivity index (χ4v) is 3.33. The van der Waals surface area contributed by atoms with Gasteiger partial charge in [0.25, 0.3) is 0 Å². The first-order valence-electron chi connectivity index (χ1n) is 8.12. The number of benzene rings is 2. The molecular formula is C21H19NO3. The summed E-state index contributed by atoms with van der Waals surface area (Å²) in [4.78, 5) is 11.4. The van der Waals surface area contributed by atoms with E-state index in [1.807, 2.05) is 36.4 Å². The minimum absolute atomic E-state index is 0.221. The maximum Gasteiger partial charge on any atom is 0.336 e. The second kappa shape index (κ2) is 6.54. The van der Waals surface area contributed by atoms with Gasteiger partial charge in [0.05, 0.1) is 17.0 Å². The van der Waals surface area contributed by atoms with Crippen molar-refractivity contribution in [3.05, 3.63) is 77.4 Å². The SMILES string of the molecule is CO[C@](/C=C/c1ccccc1C(=O)O)(c1ccccc1)C1(C#N)CC1. The number of carbonyl (C=O) groups is 1. The highest BCUT2D eigenvalue weighted by molar-refractivity contribution is 5.92. The zero-order valence-electron chi connectivity index (χ0n) is 14.0. The van der Waals surface area contributed by atoms with Crippen LogP contribution in [0.15, 0.2) is 60.7 Å². The standard InChI is InChI=1S/C21H19NO3/c1-25-21(20(15-22)13-14-20,17-8-3-2-4-9-17)12-11-16-7-5-6-10-18(16)19(23)24/h2-12H,13-14H2,1H3,(H,23,24)/b12-11+/t21-/m1/s1. The van der Waals surface area contributed by atoms with E-state index in [2.05, 4.69) is 6.07 Å². The zero-order valence-corrected chi connectivity index (χ0v) is 14.0. The second-order valence-electron chi connectivity index (χ2n) is 6.23. The molecule has 1 aliphatic carbocycles. The van der Waals surface area contributed by atoms with Gasteiger partial charge in [-0.15, -0.1) is 0 Å². The van der Waals surface area contributed by atoms with E-state index in [9.17, 15) is 15.2 Å². The molecule has 126 valence electrons. The third kappa shape index (κ3) is 2.84. The molecule has 25 heavy (non-hydrogen) atoms. The van der Waals surface area contributed by atoms with Crippen LogP contribution in [0.2, 0.25) is 0 Å². The summed E-state index contributed by atoms with van der Waals surface area (Å²) in [6, 6.07) is 18.8. The Hall–Kier alpha value is -2.90. The summed E-state index contributed by atoms with van der Waals surface area (Å²) < 4.78 is 5.91. The lowest BCUT2D eigenvalue weighted by molar-refractivity contribution is -0.0141. The largest absolute Gasteiger partial charge is 0.478 e. The van der Waals surface area contributed by atoms with Gasteiger partial charge in [-0.25, -0.2) is 4.79 Å². The smallest absolute Gasteiger partial charge is 0.336 e. The normalized spacial score (nSPS) is 17.6. The molecule has 1 saturated carbocycles. The molecule has 3 rings (SSSR count). The maximum absolute atomic E-state index is 11.4. The summed E-state index contributed by atoms with van der Waals surface area (Å²) in [7, 11) is 1.60. The topological polar surface area (TPSA) is 70.3 Å². The van der Waals surface area contributed by atoms with Crippen molar-refractivity contribution in [2.24, 2.45) is 5.41 Å². The monoisotopic (exact) mass is 333 g/mol. The van der Waals surface area contributed by atoms with Crippen LogP contribution in [0.4, 0.5) is 0 Å². The van der Waals surface area contributed by atoms with Crippen molar-refractivity contribution in [2.45, 2.75) is 18.4 Å². The van der Waals surface area contributed by atoms with Crippen LogP contribution in [0.1, 0.15) is 34.3 Å². The van der Waals surface area contributed by atoms with Crippen molar-refractivity contribution in [3.63, 3.8) is 0 Å². The first-order valence-corrected chi connectivity index (χ1v) is 8.12. The highest BCUT2D eigenvalue weighted by Crippen LogP contribution is 2.60.